The summed E-state index contributed by atoms with van der Waals surface area (Å²) >= 11 is 0. The molecule has 0 N–H and O–H groups in total. The smallest absolute Gasteiger partial charge is 0.306 e. The number of hydrogen-bond acceptors (Lipinski definition) is 4. The number of fused-ring (bicyclic) bond motifs is 1. The van der Waals surface area contributed by atoms with E-state index in [1.807, 2.05) is 25.1 Å². The van der Waals surface area contributed by atoms with Crippen LogP contribution in [0.1, 0.15) is 59.4 Å². The van der Waals surface area contributed by atoms with Crippen molar-refractivity contribution in [1.82, 2.24) is 0 Å². The molecule has 4 aromatic rings. The van der Waals surface area contributed by atoms with Crippen LogP contribution in [-0.2, 0) is 14.9 Å². The van der Waals surface area contributed by atoms with Crippen molar-refractivity contribution in [3.63, 3.8) is 0 Å². The van der Waals surface area contributed by atoms with Gasteiger partial charge in [0.25, 0.3) is 0 Å². The summed E-state index contributed by atoms with van der Waals surface area (Å²) < 4.78 is 17.0. The van der Waals surface area contributed by atoms with Crippen LogP contribution in [0.3, 0.4) is 0 Å². The summed E-state index contributed by atoms with van der Waals surface area (Å²) in [6.07, 6.45) is 1.10. The van der Waals surface area contributed by atoms with Gasteiger partial charge in [0.1, 0.15) is 0 Å². The Morgan fingerprint density at radius 3 is 1.87 bits per heavy atom. The Labute approximate surface area is 225 Å². The third-order valence-corrected chi connectivity index (χ3v) is 7.88. The van der Waals surface area contributed by atoms with Crippen molar-refractivity contribution >= 4 is 5.97 Å². The molecule has 4 heteroatoms. The maximum absolute atomic E-state index is 13.0. The first-order chi connectivity index (χ1) is 18.6. The molecule has 0 heterocycles. The number of carbonyl (C=O) groups is 1. The summed E-state index contributed by atoms with van der Waals surface area (Å²) in [4.78, 5) is 13.0. The summed E-state index contributed by atoms with van der Waals surface area (Å²) in [5.41, 5.74) is 5.48. The lowest BCUT2D eigenvalue weighted by molar-refractivity contribution is -0.143. The highest BCUT2D eigenvalue weighted by Crippen LogP contribution is 2.59. The molecule has 0 saturated heterocycles. The van der Waals surface area contributed by atoms with Gasteiger partial charge >= 0.3 is 5.97 Å². The van der Waals surface area contributed by atoms with E-state index in [0.717, 1.165) is 12.0 Å². The van der Waals surface area contributed by atoms with E-state index in [0.29, 0.717) is 24.5 Å². The van der Waals surface area contributed by atoms with Gasteiger partial charge in [-0.3, -0.25) is 4.79 Å². The van der Waals surface area contributed by atoms with Gasteiger partial charge in [0.15, 0.2) is 11.5 Å². The molecule has 0 saturated carbocycles. The van der Waals surface area contributed by atoms with Gasteiger partial charge < -0.3 is 14.2 Å². The van der Waals surface area contributed by atoms with Gasteiger partial charge in [-0.15, -0.1) is 0 Å². The van der Waals surface area contributed by atoms with Crippen molar-refractivity contribution < 1.29 is 19.0 Å². The second kappa shape index (κ2) is 11.1. The second-order valence-electron chi connectivity index (χ2n) is 9.77. The highest BCUT2D eigenvalue weighted by atomic mass is 16.5. The number of esters is 1. The van der Waals surface area contributed by atoms with Crippen LogP contribution in [0, 0.1) is 0 Å². The molecule has 0 bridgehead atoms. The van der Waals surface area contributed by atoms with E-state index in [-0.39, 0.29) is 17.8 Å². The van der Waals surface area contributed by atoms with Crippen molar-refractivity contribution in [2.75, 3.05) is 20.8 Å². The minimum atomic E-state index is -0.427. The zero-order chi connectivity index (χ0) is 26.5. The topological polar surface area (TPSA) is 44.8 Å². The van der Waals surface area contributed by atoms with Crippen LogP contribution in [0.15, 0.2) is 103 Å². The molecule has 2 unspecified atom stereocenters. The number of methoxy groups -OCH3 is 2. The van der Waals surface area contributed by atoms with Crippen LogP contribution in [0.2, 0.25) is 0 Å². The highest BCUT2D eigenvalue weighted by molar-refractivity contribution is 5.71. The van der Waals surface area contributed by atoms with Crippen LogP contribution in [0.4, 0.5) is 0 Å². The van der Waals surface area contributed by atoms with Gasteiger partial charge in [0.05, 0.1) is 27.2 Å². The lowest BCUT2D eigenvalue weighted by Gasteiger charge is -2.34. The SMILES string of the molecule is CCOC(=O)CC(c1ccccc1)C1CC(c2ccccc2)(c2ccccc2)c2cc(OC)c(OC)cc21. The van der Waals surface area contributed by atoms with Gasteiger partial charge in [0.2, 0.25) is 0 Å². The van der Waals surface area contributed by atoms with Gasteiger partial charge in [-0.05, 0) is 59.2 Å². The van der Waals surface area contributed by atoms with Crippen LogP contribution >= 0.6 is 0 Å². The Morgan fingerprint density at radius 2 is 1.34 bits per heavy atom. The summed E-state index contributed by atoms with van der Waals surface area (Å²) in [6, 6.07) is 35.9. The molecule has 38 heavy (non-hydrogen) atoms. The largest absolute Gasteiger partial charge is 0.493 e. The lowest BCUT2D eigenvalue weighted by atomic mass is 9.69. The van der Waals surface area contributed by atoms with E-state index in [2.05, 4.69) is 84.9 Å². The molecule has 4 nitrogen and oxygen atoms in total. The molecule has 0 aromatic heterocycles. The van der Waals surface area contributed by atoms with Crippen LogP contribution < -0.4 is 9.47 Å². The standard InChI is InChI=1S/C34H34O4/c1-4-38-33(35)21-27(24-14-8-5-9-15-24)29-23-34(25-16-10-6-11-17-25,26-18-12-7-13-19-26)30-22-32(37-3)31(36-2)20-28(29)30/h5-20,22,27,29H,4,21,23H2,1-3H3. The van der Waals surface area contributed by atoms with Gasteiger partial charge in [-0.1, -0.05) is 91.0 Å². The first kappa shape index (κ1) is 25.6. The van der Waals surface area contributed by atoms with Crippen molar-refractivity contribution in [2.45, 2.75) is 37.0 Å². The fourth-order valence-corrected chi connectivity index (χ4v) is 6.23. The van der Waals surface area contributed by atoms with Crippen LogP contribution in [0.5, 0.6) is 11.5 Å². The Morgan fingerprint density at radius 1 is 0.816 bits per heavy atom. The van der Waals surface area contributed by atoms with Crippen molar-refractivity contribution in [2.24, 2.45) is 0 Å². The first-order valence-electron chi connectivity index (χ1n) is 13.2. The minimum absolute atomic E-state index is 0.0389. The predicted octanol–water partition coefficient (Wildman–Crippen LogP) is 7.26. The lowest BCUT2D eigenvalue weighted by Crippen LogP contribution is -2.27. The fraction of sp³-hybridized carbons (Fsp3) is 0.265. The maximum Gasteiger partial charge on any atom is 0.306 e. The monoisotopic (exact) mass is 506 g/mol. The predicted molar refractivity (Wildman–Crippen MR) is 150 cm³/mol. The van der Waals surface area contributed by atoms with E-state index in [4.69, 9.17) is 14.2 Å². The number of hydrogen-bond donors (Lipinski definition) is 0. The van der Waals surface area contributed by atoms with E-state index in [1.165, 1.54) is 22.3 Å². The molecule has 0 spiro atoms. The summed E-state index contributed by atoms with van der Waals surface area (Å²) in [7, 11) is 3.35. The third kappa shape index (κ3) is 4.56. The Balaban J connectivity index is 1.78. The van der Waals surface area contributed by atoms with Gasteiger partial charge in [-0.2, -0.15) is 0 Å². The molecular weight excluding hydrogens is 472 g/mol. The molecule has 194 valence electrons. The zero-order valence-electron chi connectivity index (χ0n) is 22.2. The molecule has 0 aliphatic heterocycles. The summed E-state index contributed by atoms with van der Waals surface area (Å²) in [5.74, 6) is 1.18. The minimum Gasteiger partial charge on any atom is -0.493 e. The van der Waals surface area contributed by atoms with Gasteiger partial charge in [0, 0.05) is 11.3 Å². The average Bonchev–Trinajstić information content (AvgIpc) is 3.31. The Hall–Kier alpha value is -4.05. The Bertz CT molecular complexity index is 1330. The summed E-state index contributed by atoms with van der Waals surface area (Å²) in [5, 5.41) is 0. The molecule has 0 fully saturated rings. The highest BCUT2D eigenvalue weighted by Gasteiger charge is 2.49. The van der Waals surface area contributed by atoms with E-state index in [9.17, 15) is 4.79 Å². The fourth-order valence-electron chi connectivity index (χ4n) is 6.23. The van der Waals surface area contributed by atoms with Gasteiger partial charge in [-0.25, -0.2) is 0 Å². The second-order valence-corrected chi connectivity index (χ2v) is 9.77. The molecule has 4 aromatic carbocycles. The number of carbonyl (C=O) groups excluding carboxylic acids is 1. The Kier molecular flexibility index (Phi) is 7.50. The number of rotatable bonds is 9. The molecule has 2 atom stereocenters. The summed E-state index contributed by atoms with van der Waals surface area (Å²) in [6.45, 7) is 2.22. The van der Waals surface area contributed by atoms with Crippen LogP contribution in [0.25, 0.3) is 0 Å². The van der Waals surface area contributed by atoms with Crippen molar-refractivity contribution in [3.05, 3.63) is 131 Å². The molecule has 0 radical (unpaired) electrons. The molecule has 5 rings (SSSR count). The van der Waals surface area contributed by atoms with E-state index in [1.54, 1.807) is 14.2 Å². The maximum atomic E-state index is 13.0. The first-order valence-corrected chi connectivity index (χ1v) is 13.2. The normalized spacial score (nSPS) is 16.3. The van der Waals surface area contributed by atoms with Crippen molar-refractivity contribution in [1.29, 1.82) is 0 Å². The average molecular weight is 507 g/mol. The molecular formula is C34H34O4. The van der Waals surface area contributed by atoms with Crippen molar-refractivity contribution in [3.8, 4) is 11.5 Å². The molecule has 0 amide bonds. The quantitative estimate of drug-likeness (QED) is 0.224. The molecule has 1 aliphatic rings. The number of benzene rings is 4. The number of ether oxygens (including phenoxy) is 3. The molecule has 1 aliphatic carbocycles. The zero-order valence-corrected chi connectivity index (χ0v) is 22.2. The third-order valence-electron chi connectivity index (χ3n) is 7.88. The van der Waals surface area contributed by atoms with Crippen LogP contribution in [-0.4, -0.2) is 26.8 Å². The van der Waals surface area contributed by atoms with E-state index < -0.39 is 5.41 Å². The van der Waals surface area contributed by atoms with E-state index >= 15 is 0 Å².